The van der Waals surface area contributed by atoms with Gasteiger partial charge in [-0.2, -0.15) is 4.31 Å². The van der Waals surface area contributed by atoms with Crippen LogP contribution in [0.1, 0.15) is 13.8 Å². The van der Waals surface area contributed by atoms with Crippen LogP contribution < -0.4 is 10.6 Å². The third-order valence-electron chi connectivity index (χ3n) is 4.61. The molecule has 1 heterocycles. The number of hydrogen-bond acceptors (Lipinski definition) is 6. The fourth-order valence-corrected chi connectivity index (χ4v) is 4.40. The van der Waals surface area contributed by atoms with E-state index >= 15 is 0 Å². The zero-order valence-corrected chi connectivity index (χ0v) is 17.4. The first kappa shape index (κ1) is 23.2. The van der Waals surface area contributed by atoms with Crippen molar-refractivity contribution >= 4 is 21.8 Å². The maximum atomic E-state index is 13.1. The molecule has 0 aliphatic carbocycles. The van der Waals surface area contributed by atoms with E-state index in [2.05, 4.69) is 15.5 Å². The van der Waals surface area contributed by atoms with Crippen molar-refractivity contribution in [2.45, 2.75) is 25.0 Å². The minimum Gasteiger partial charge on any atom is -0.359 e. The van der Waals surface area contributed by atoms with E-state index in [1.807, 2.05) is 13.8 Å². The zero-order valence-electron chi connectivity index (χ0n) is 16.6. The molecule has 1 atom stereocenters. The summed E-state index contributed by atoms with van der Waals surface area (Å²) in [6.45, 7) is 6.72. The Morgan fingerprint density at radius 1 is 1.17 bits per heavy atom. The molecule has 2 rings (SSSR count). The average molecular weight is 431 g/mol. The number of amides is 2. The van der Waals surface area contributed by atoms with Crippen molar-refractivity contribution in [3.63, 3.8) is 0 Å². The Bertz CT molecular complexity index is 799. The van der Waals surface area contributed by atoms with Gasteiger partial charge >= 0.3 is 11.8 Å². The maximum Gasteiger partial charge on any atom is 0.309 e. The zero-order chi connectivity index (χ0) is 21.4. The number of carbonyl (C=O) groups is 2. The van der Waals surface area contributed by atoms with E-state index in [9.17, 15) is 22.4 Å². The van der Waals surface area contributed by atoms with Crippen molar-refractivity contribution < 1.29 is 27.1 Å². The van der Waals surface area contributed by atoms with Crippen molar-refractivity contribution in [2.75, 3.05) is 45.9 Å². The molecule has 29 heavy (non-hydrogen) atoms. The van der Waals surface area contributed by atoms with E-state index in [4.69, 9.17) is 4.74 Å². The van der Waals surface area contributed by atoms with Gasteiger partial charge in [-0.3, -0.25) is 9.59 Å². The summed E-state index contributed by atoms with van der Waals surface area (Å²) in [5.41, 5.74) is 0. The smallest absolute Gasteiger partial charge is 0.309 e. The van der Waals surface area contributed by atoms with Gasteiger partial charge in [0.1, 0.15) is 12.0 Å². The summed E-state index contributed by atoms with van der Waals surface area (Å²) in [7, 11) is -3.92. The lowest BCUT2D eigenvalue weighted by molar-refractivity contribution is -0.139. The SMILES string of the molecule is CCN(CC)CCNC(=O)C(=O)NC[C@@H]1OCCN1S(=O)(=O)c1ccc(F)cc1. The minimum atomic E-state index is -3.92. The van der Waals surface area contributed by atoms with Crippen LogP contribution in [0.5, 0.6) is 0 Å². The third kappa shape index (κ3) is 6.20. The topological polar surface area (TPSA) is 108 Å². The average Bonchev–Trinajstić information content (AvgIpc) is 3.19. The van der Waals surface area contributed by atoms with Crippen LogP contribution in [0.15, 0.2) is 29.2 Å². The molecule has 1 fully saturated rings. The fourth-order valence-electron chi connectivity index (χ4n) is 2.89. The predicted molar refractivity (Wildman–Crippen MR) is 104 cm³/mol. The summed E-state index contributed by atoms with van der Waals surface area (Å²) in [5, 5.41) is 4.93. The predicted octanol–water partition coefficient (Wildman–Crippen LogP) is -0.253. The largest absolute Gasteiger partial charge is 0.359 e. The molecule has 2 N–H and O–H groups in total. The van der Waals surface area contributed by atoms with Gasteiger partial charge in [-0.05, 0) is 37.4 Å². The number of sulfonamides is 1. The highest BCUT2D eigenvalue weighted by Crippen LogP contribution is 2.22. The van der Waals surface area contributed by atoms with Gasteiger partial charge in [0.2, 0.25) is 10.0 Å². The number of nitrogens with zero attached hydrogens (tertiary/aromatic N) is 2. The standard InChI is InChI=1S/C18H27FN4O5S/c1-3-22(4-2)10-9-20-17(24)18(25)21-13-16-23(11-12-28-16)29(26,27)15-7-5-14(19)6-8-15/h5-8,16H,3-4,9-13H2,1-2H3,(H,20,24)(H,21,25)/t16-/m0/s1. The maximum absolute atomic E-state index is 13.1. The molecule has 0 unspecified atom stereocenters. The number of nitrogens with one attached hydrogen (secondary N) is 2. The van der Waals surface area contributed by atoms with Gasteiger partial charge in [0.15, 0.2) is 0 Å². The summed E-state index contributed by atoms with van der Waals surface area (Å²) in [6, 6.07) is 4.45. The lowest BCUT2D eigenvalue weighted by Crippen LogP contribution is -2.48. The second-order valence-corrected chi connectivity index (χ2v) is 8.28. The van der Waals surface area contributed by atoms with E-state index in [-0.39, 0.29) is 24.6 Å². The third-order valence-corrected chi connectivity index (χ3v) is 6.52. The Morgan fingerprint density at radius 2 is 1.79 bits per heavy atom. The first-order chi connectivity index (χ1) is 13.8. The molecule has 0 aromatic heterocycles. The molecule has 1 aliphatic heterocycles. The number of ether oxygens (including phenoxy) is 1. The van der Waals surface area contributed by atoms with Gasteiger partial charge in [0, 0.05) is 19.6 Å². The van der Waals surface area contributed by atoms with Crippen molar-refractivity contribution in [1.82, 2.24) is 19.8 Å². The van der Waals surface area contributed by atoms with Crippen molar-refractivity contribution in [2.24, 2.45) is 0 Å². The van der Waals surface area contributed by atoms with Crippen LogP contribution in [0, 0.1) is 5.82 Å². The van der Waals surface area contributed by atoms with E-state index < -0.39 is 33.9 Å². The Morgan fingerprint density at radius 3 is 2.41 bits per heavy atom. The Labute approximate surface area is 170 Å². The highest BCUT2D eigenvalue weighted by molar-refractivity contribution is 7.89. The van der Waals surface area contributed by atoms with Crippen LogP contribution >= 0.6 is 0 Å². The highest BCUT2D eigenvalue weighted by atomic mass is 32.2. The monoisotopic (exact) mass is 430 g/mol. The quantitative estimate of drug-likeness (QED) is 0.523. The van der Waals surface area contributed by atoms with Gasteiger partial charge in [0.05, 0.1) is 18.0 Å². The normalized spacial score (nSPS) is 17.4. The first-order valence-corrected chi connectivity index (χ1v) is 10.9. The number of likely N-dealkylation sites (N-methyl/N-ethyl adjacent to an activating group) is 1. The Balaban J connectivity index is 1.88. The fraction of sp³-hybridized carbons (Fsp3) is 0.556. The van der Waals surface area contributed by atoms with Crippen LogP contribution in [0.4, 0.5) is 4.39 Å². The summed E-state index contributed by atoms with van der Waals surface area (Å²) in [4.78, 5) is 25.9. The molecule has 1 aromatic carbocycles. The molecule has 0 radical (unpaired) electrons. The molecular weight excluding hydrogens is 403 g/mol. The van der Waals surface area contributed by atoms with Gasteiger partial charge in [-0.15, -0.1) is 0 Å². The molecule has 0 bridgehead atoms. The highest BCUT2D eigenvalue weighted by Gasteiger charge is 2.36. The number of carbonyl (C=O) groups excluding carboxylic acids is 2. The summed E-state index contributed by atoms with van der Waals surface area (Å²) in [6.07, 6.45) is -0.947. The van der Waals surface area contributed by atoms with Crippen molar-refractivity contribution in [1.29, 1.82) is 0 Å². The molecular formula is C18H27FN4O5S. The van der Waals surface area contributed by atoms with Crippen LogP contribution in [0.2, 0.25) is 0 Å². The summed E-state index contributed by atoms with van der Waals surface area (Å²) in [5.74, 6) is -2.19. The van der Waals surface area contributed by atoms with Gasteiger partial charge in [-0.25, -0.2) is 12.8 Å². The van der Waals surface area contributed by atoms with Crippen molar-refractivity contribution in [3.8, 4) is 0 Å². The molecule has 9 nitrogen and oxygen atoms in total. The molecule has 2 amide bonds. The Hall–Kier alpha value is -2.08. The Kier molecular flexibility index (Phi) is 8.50. The molecule has 162 valence electrons. The summed E-state index contributed by atoms with van der Waals surface area (Å²) >= 11 is 0. The number of hydrogen-bond donors (Lipinski definition) is 2. The molecule has 11 heteroatoms. The lowest BCUT2D eigenvalue weighted by atomic mass is 10.4. The van der Waals surface area contributed by atoms with Gasteiger partial charge < -0.3 is 20.3 Å². The second-order valence-electron chi connectivity index (χ2n) is 6.39. The lowest BCUT2D eigenvalue weighted by Gasteiger charge is -2.23. The number of halogens is 1. The first-order valence-electron chi connectivity index (χ1n) is 9.47. The van der Waals surface area contributed by atoms with Crippen molar-refractivity contribution in [3.05, 3.63) is 30.1 Å². The van der Waals surface area contributed by atoms with Crippen LogP contribution in [-0.4, -0.2) is 81.5 Å². The van der Waals surface area contributed by atoms with Crippen LogP contribution in [0.25, 0.3) is 0 Å². The molecule has 1 saturated heterocycles. The van der Waals surface area contributed by atoms with Gasteiger partial charge in [-0.1, -0.05) is 13.8 Å². The molecule has 1 aliphatic rings. The molecule has 1 aromatic rings. The van der Waals surface area contributed by atoms with Crippen LogP contribution in [0.3, 0.4) is 0 Å². The second kappa shape index (κ2) is 10.6. The number of rotatable bonds is 9. The number of benzene rings is 1. The minimum absolute atomic E-state index is 0.0742. The van der Waals surface area contributed by atoms with Gasteiger partial charge in [0.25, 0.3) is 0 Å². The van der Waals surface area contributed by atoms with E-state index in [0.29, 0.717) is 13.1 Å². The van der Waals surface area contributed by atoms with E-state index in [0.717, 1.165) is 29.5 Å². The summed E-state index contributed by atoms with van der Waals surface area (Å²) < 4.78 is 45.0. The van der Waals surface area contributed by atoms with E-state index in [1.165, 1.54) is 12.1 Å². The van der Waals surface area contributed by atoms with Crippen LogP contribution in [-0.2, 0) is 24.3 Å². The molecule has 0 spiro atoms. The molecule has 0 saturated carbocycles. The van der Waals surface area contributed by atoms with E-state index in [1.54, 1.807) is 0 Å².